The van der Waals surface area contributed by atoms with Crippen molar-refractivity contribution in [1.29, 1.82) is 0 Å². The maximum absolute atomic E-state index is 12.1. The first-order valence-electron chi connectivity index (χ1n) is 7.48. The highest BCUT2D eigenvalue weighted by molar-refractivity contribution is 6.31. The number of esters is 1. The average molecular weight is 395 g/mol. The molecule has 0 unspecified atom stereocenters. The maximum atomic E-state index is 12.1. The molecule has 0 heterocycles. The molecule has 2 aromatic rings. The summed E-state index contributed by atoms with van der Waals surface area (Å²) >= 11 is 5.69. The summed E-state index contributed by atoms with van der Waals surface area (Å²) in [6.07, 6.45) is 0. The zero-order valence-electron chi connectivity index (χ0n) is 14.4. The van der Waals surface area contributed by atoms with Crippen molar-refractivity contribution in [3.8, 4) is 11.5 Å². The van der Waals surface area contributed by atoms with E-state index in [0.29, 0.717) is 17.2 Å². The molecular formula is C17H15ClN2O7. The molecular weight excluding hydrogens is 380 g/mol. The number of amides is 1. The van der Waals surface area contributed by atoms with Crippen LogP contribution in [0.1, 0.15) is 10.4 Å². The molecule has 0 bridgehead atoms. The highest BCUT2D eigenvalue weighted by Crippen LogP contribution is 2.29. The maximum Gasteiger partial charge on any atom is 0.345 e. The number of carbonyl (C=O) groups is 2. The molecule has 0 atom stereocenters. The van der Waals surface area contributed by atoms with Crippen LogP contribution in [0.4, 0.5) is 11.4 Å². The van der Waals surface area contributed by atoms with Gasteiger partial charge >= 0.3 is 5.97 Å². The fraction of sp³-hybridized carbons (Fsp3) is 0.176. The standard InChI is InChI=1S/C17H15ClN2O7/c1-25-11-4-6-13(15(8-11)26-2)19-16(21)9-27-17(22)12-5-3-10(18)7-14(12)20(23)24/h3-8H,9H2,1-2H3,(H,19,21). The molecule has 0 aliphatic heterocycles. The fourth-order valence-corrected chi connectivity index (χ4v) is 2.29. The van der Waals surface area contributed by atoms with Crippen LogP contribution in [0.5, 0.6) is 11.5 Å². The Labute approximate surface area is 158 Å². The normalized spacial score (nSPS) is 10.0. The minimum atomic E-state index is -1.02. The molecule has 0 fully saturated rings. The van der Waals surface area contributed by atoms with Gasteiger partial charge in [0, 0.05) is 17.2 Å². The Kier molecular flexibility index (Phi) is 6.56. The van der Waals surface area contributed by atoms with E-state index in [4.69, 9.17) is 25.8 Å². The van der Waals surface area contributed by atoms with Gasteiger partial charge in [0.05, 0.1) is 24.8 Å². The number of nitro benzene ring substituents is 1. The van der Waals surface area contributed by atoms with Gasteiger partial charge in [0.25, 0.3) is 11.6 Å². The molecule has 142 valence electrons. The molecule has 1 N–H and O–H groups in total. The topological polar surface area (TPSA) is 117 Å². The Morgan fingerprint density at radius 1 is 1.15 bits per heavy atom. The van der Waals surface area contributed by atoms with Crippen molar-refractivity contribution >= 4 is 34.9 Å². The van der Waals surface area contributed by atoms with Gasteiger partial charge in [-0.2, -0.15) is 0 Å². The molecule has 27 heavy (non-hydrogen) atoms. The van der Waals surface area contributed by atoms with Crippen LogP contribution < -0.4 is 14.8 Å². The van der Waals surface area contributed by atoms with Crippen LogP contribution in [0.3, 0.4) is 0 Å². The van der Waals surface area contributed by atoms with Crippen molar-refractivity contribution in [2.24, 2.45) is 0 Å². The van der Waals surface area contributed by atoms with E-state index in [-0.39, 0.29) is 10.6 Å². The van der Waals surface area contributed by atoms with Gasteiger partial charge in [0.15, 0.2) is 6.61 Å². The van der Waals surface area contributed by atoms with Gasteiger partial charge in [0.2, 0.25) is 0 Å². The first-order chi connectivity index (χ1) is 12.8. The third kappa shape index (κ3) is 5.08. The van der Waals surface area contributed by atoms with Gasteiger partial charge in [-0.3, -0.25) is 14.9 Å². The Morgan fingerprint density at radius 3 is 2.52 bits per heavy atom. The number of nitrogens with zero attached hydrogens (tertiary/aromatic N) is 1. The number of hydrogen-bond acceptors (Lipinski definition) is 7. The van der Waals surface area contributed by atoms with E-state index in [1.807, 2.05) is 0 Å². The first-order valence-corrected chi connectivity index (χ1v) is 7.86. The van der Waals surface area contributed by atoms with Crippen LogP contribution in [0, 0.1) is 10.1 Å². The Hall–Kier alpha value is -3.33. The summed E-state index contributed by atoms with van der Waals surface area (Å²) in [6.45, 7) is -0.645. The SMILES string of the molecule is COc1ccc(NC(=O)COC(=O)c2ccc(Cl)cc2[N+](=O)[O-])c(OC)c1. The van der Waals surface area contributed by atoms with E-state index in [1.54, 1.807) is 18.2 Å². The van der Waals surface area contributed by atoms with Crippen molar-refractivity contribution in [3.05, 3.63) is 57.1 Å². The van der Waals surface area contributed by atoms with Crippen LogP contribution in [0.15, 0.2) is 36.4 Å². The lowest BCUT2D eigenvalue weighted by Crippen LogP contribution is -2.21. The van der Waals surface area contributed by atoms with E-state index in [2.05, 4.69) is 5.32 Å². The number of benzene rings is 2. The van der Waals surface area contributed by atoms with Gasteiger partial charge in [-0.05, 0) is 24.3 Å². The molecule has 0 aromatic heterocycles. The lowest BCUT2D eigenvalue weighted by atomic mass is 10.2. The van der Waals surface area contributed by atoms with E-state index < -0.39 is 29.1 Å². The van der Waals surface area contributed by atoms with Gasteiger partial charge in [-0.15, -0.1) is 0 Å². The molecule has 2 aromatic carbocycles. The van der Waals surface area contributed by atoms with Crippen molar-refractivity contribution < 1.29 is 28.7 Å². The Bertz CT molecular complexity index is 886. The predicted octanol–water partition coefficient (Wildman–Crippen LogP) is 3.06. The van der Waals surface area contributed by atoms with E-state index in [9.17, 15) is 19.7 Å². The summed E-state index contributed by atoms with van der Waals surface area (Å²) in [7, 11) is 2.91. The zero-order chi connectivity index (χ0) is 20.0. The van der Waals surface area contributed by atoms with Crippen molar-refractivity contribution in [2.45, 2.75) is 0 Å². The average Bonchev–Trinajstić information content (AvgIpc) is 2.66. The van der Waals surface area contributed by atoms with E-state index in [0.717, 1.165) is 12.1 Å². The summed E-state index contributed by atoms with van der Waals surface area (Å²) < 4.78 is 15.1. The molecule has 10 heteroatoms. The Morgan fingerprint density at radius 2 is 1.89 bits per heavy atom. The van der Waals surface area contributed by atoms with Gasteiger partial charge in [-0.1, -0.05) is 11.6 Å². The smallest absolute Gasteiger partial charge is 0.345 e. The minimum absolute atomic E-state index is 0.0996. The summed E-state index contributed by atoms with van der Waals surface area (Å²) in [5, 5.41) is 13.6. The molecule has 1 amide bonds. The van der Waals surface area contributed by atoms with E-state index in [1.165, 1.54) is 20.3 Å². The van der Waals surface area contributed by atoms with Crippen molar-refractivity contribution in [1.82, 2.24) is 0 Å². The van der Waals surface area contributed by atoms with Gasteiger partial charge < -0.3 is 19.5 Å². The van der Waals surface area contributed by atoms with Crippen molar-refractivity contribution in [2.75, 3.05) is 26.1 Å². The number of rotatable bonds is 7. The number of halogens is 1. The van der Waals surface area contributed by atoms with Gasteiger partial charge in [0.1, 0.15) is 17.1 Å². The highest BCUT2D eigenvalue weighted by Gasteiger charge is 2.22. The summed E-state index contributed by atoms with van der Waals surface area (Å²) in [4.78, 5) is 34.3. The summed E-state index contributed by atoms with van der Waals surface area (Å²) in [6, 6.07) is 8.24. The molecule has 9 nitrogen and oxygen atoms in total. The van der Waals surface area contributed by atoms with Crippen molar-refractivity contribution in [3.63, 3.8) is 0 Å². The lowest BCUT2D eigenvalue weighted by molar-refractivity contribution is -0.385. The molecule has 0 radical (unpaired) electrons. The number of methoxy groups -OCH3 is 2. The minimum Gasteiger partial charge on any atom is -0.497 e. The first kappa shape index (κ1) is 20.0. The van der Waals surface area contributed by atoms with E-state index >= 15 is 0 Å². The second-order valence-electron chi connectivity index (χ2n) is 5.11. The number of ether oxygens (including phenoxy) is 3. The number of nitrogens with one attached hydrogen (secondary N) is 1. The van der Waals surface area contributed by atoms with Crippen LogP contribution in [-0.4, -0.2) is 37.6 Å². The van der Waals surface area contributed by atoms with Crippen LogP contribution >= 0.6 is 11.6 Å². The molecule has 0 saturated carbocycles. The van der Waals surface area contributed by atoms with Crippen LogP contribution in [-0.2, 0) is 9.53 Å². The number of carbonyl (C=O) groups excluding carboxylic acids is 2. The predicted molar refractivity (Wildman–Crippen MR) is 96.6 cm³/mol. The lowest BCUT2D eigenvalue weighted by Gasteiger charge is -2.12. The highest BCUT2D eigenvalue weighted by atomic mass is 35.5. The molecule has 0 spiro atoms. The molecule has 0 aliphatic rings. The number of hydrogen-bond donors (Lipinski definition) is 1. The molecule has 2 rings (SSSR count). The van der Waals surface area contributed by atoms with Gasteiger partial charge in [-0.25, -0.2) is 4.79 Å². The van der Waals surface area contributed by atoms with Crippen LogP contribution in [0.2, 0.25) is 5.02 Å². The zero-order valence-corrected chi connectivity index (χ0v) is 15.1. The third-order valence-corrected chi connectivity index (χ3v) is 3.63. The number of nitro groups is 1. The number of anilines is 1. The quantitative estimate of drug-likeness (QED) is 0.435. The second kappa shape index (κ2) is 8.86. The summed E-state index contributed by atoms with van der Waals surface area (Å²) in [5.41, 5.74) is -0.471. The summed E-state index contributed by atoms with van der Waals surface area (Å²) in [5.74, 6) is -0.785. The fourth-order valence-electron chi connectivity index (χ4n) is 2.13. The molecule has 0 saturated heterocycles. The molecule has 0 aliphatic carbocycles. The monoisotopic (exact) mass is 394 g/mol. The largest absolute Gasteiger partial charge is 0.497 e. The Balaban J connectivity index is 2.04. The second-order valence-corrected chi connectivity index (χ2v) is 5.55. The third-order valence-electron chi connectivity index (χ3n) is 3.39. The van der Waals surface area contributed by atoms with Crippen LogP contribution in [0.25, 0.3) is 0 Å².